The van der Waals surface area contributed by atoms with Crippen molar-refractivity contribution >= 4 is 0 Å². The highest BCUT2D eigenvalue weighted by molar-refractivity contribution is 5.04. The topological polar surface area (TPSA) is 63.8 Å². The van der Waals surface area contributed by atoms with Gasteiger partial charge in [0, 0.05) is 25.6 Å². The lowest BCUT2D eigenvalue weighted by molar-refractivity contribution is 0.158. The Morgan fingerprint density at radius 2 is 2.12 bits per heavy atom. The fourth-order valence-corrected chi connectivity index (χ4v) is 1.52. The summed E-state index contributed by atoms with van der Waals surface area (Å²) in [6, 6.07) is 1.73. The second kappa shape index (κ2) is 4.85. The molecule has 0 bridgehead atoms. The highest BCUT2D eigenvalue weighted by atomic mass is 16.3. The van der Waals surface area contributed by atoms with Crippen LogP contribution >= 0.6 is 0 Å². The molecule has 2 heterocycles. The predicted molar refractivity (Wildman–Crippen MR) is 58.5 cm³/mol. The Morgan fingerprint density at radius 1 is 1.38 bits per heavy atom. The molecule has 0 spiro atoms. The Hall–Kier alpha value is -1.75. The maximum Gasteiger partial charge on any atom is 0.156 e. The molecular weight excluding hydrogens is 204 g/mol. The Bertz CT molecular complexity index is 440. The highest BCUT2D eigenvalue weighted by Gasteiger charge is 2.10. The van der Waals surface area contributed by atoms with Gasteiger partial charge in [-0.15, -0.1) is 0 Å². The number of aliphatic hydroxyl groups excluding tert-OH is 1. The second-order valence-corrected chi connectivity index (χ2v) is 3.68. The third-order valence-corrected chi connectivity index (χ3v) is 2.35. The van der Waals surface area contributed by atoms with E-state index in [1.54, 1.807) is 29.3 Å². The van der Waals surface area contributed by atoms with Gasteiger partial charge in [-0.05, 0) is 24.5 Å². The molecule has 2 rings (SSSR count). The van der Waals surface area contributed by atoms with Gasteiger partial charge in [0.15, 0.2) is 5.82 Å². The Balaban J connectivity index is 1.91. The molecule has 1 atom stereocenters. The van der Waals surface area contributed by atoms with Crippen LogP contribution < -0.4 is 0 Å². The SMILES string of the molecule is Cn1cc(CCC(O)c2ncccn2)cn1. The molecule has 0 saturated carbocycles. The van der Waals surface area contributed by atoms with Gasteiger partial charge in [0.1, 0.15) is 6.10 Å². The maximum absolute atomic E-state index is 9.84. The zero-order valence-corrected chi connectivity index (χ0v) is 9.11. The summed E-state index contributed by atoms with van der Waals surface area (Å²) in [5.41, 5.74) is 1.11. The van der Waals surface area contributed by atoms with E-state index in [9.17, 15) is 5.11 Å². The van der Waals surface area contributed by atoms with Gasteiger partial charge >= 0.3 is 0 Å². The largest absolute Gasteiger partial charge is 0.385 e. The average molecular weight is 218 g/mol. The van der Waals surface area contributed by atoms with E-state index >= 15 is 0 Å². The fourth-order valence-electron chi connectivity index (χ4n) is 1.52. The number of hydrogen-bond acceptors (Lipinski definition) is 4. The lowest BCUT2D eigenvalue weighted by Gasteiger charge is -2.07. The van der Waals surface area contributed by atoms with Crippen LogP contribution in [0.4, 0.5) is 0 Å². The summed E-state index contributed by atoms with van der Waals surface area (Å²) >= 11 is 0. The second-order valence-electron chi connectivity index (χ2n) is 3.68. The first-order valence-electron chi connectivity index (χ1n) is 5.18. The monoisotopic (exact) mass is 218 g/mol. The average Bonchev–Trinajstić information content (AvgIpc) is 2.73. The van der Waals surface area contributed by atoms with Crippen LogP contribution in [0.1, 0.15) is 23.9 Å². The van der Waals surface area contributed by atoms with Crippen molar-refractivity contribution in [2.75, 3.05) is 0 Å². The molecule has 0 radical (unpaired) electrons. The van der Waals surface area contributed by atoms with Crippen LogP contribution in [0.5, 0.6) is 0 Å². The molecule has 1 N–H and O–H groups in total. The van der Waals surface area contributed by atoms with Gasteiger partial charge in [0.05, 0.1) is 6.20 Å². The maximum atomic E-state index is 9.84. The van der Waals surface area contributed by atoms with E-state index in [0.717, 1.165) is 12.0 Å². The molecule has 84 valence electrons. The zero-order valence-electron chi connectivity index (χ0n) is 9.11. The van der Waals surface area contributed by atoms with Crippen LogP contribution in [-0.4, -0.2) is 24.9 Å². The minimum Gasteiger partial charge on any atom is -0.385 e. The number of rotatable bonds is 4. The van der Waals surface area contributed by atoms with E-state index in [0.29, 0.717) is 12.2 Å². The van der Waals surface area contributed by atoms with Gasteiger partial charge in [-0.3, -0.25) is 4.68 Å². The summed E-state index contributed by atoms with van der Waals surface area (Å²) < 4.78 is 1.75. The zero-order chi connectivity index (χ0) is 11.4. The third-order valence-electron chi connectivity index (χ3n) is 2.35. The van der Waals surface area contributed by atoms with Gasteiger partial charge in [0.2, 0.25) is 0 Å². The van der Waals surface area contributed by atoms with Crippen molar-refractivity contribution < 1.29 is 5.11 Å². The van der Waals surface area contributed by atoms with Gasteiger partial charge in [-0.25, -0.2) is 9.97 Å². The molecule has 16 heavy (non-hydrogen) atoms. The predicted octanol–water partition coefficient (Wildman–Crippen LogP) is 0.876. The van der Waals surface area contributed by atoms with Gasteiger partial charge in [0.25, 0.3) is 0 Å². The van der Waals surface area contributed by atoms with Gasteiger partial charge in [-0.1, -0.05) is 0 Å². The summed E-state index contributed by atoms with van der Waals surface area (Å²) in [6.45, 7) is 0. The van der Waals surface area contributed by atoms with Crippen molar-refractivity contribution in [2.24, 2.45) is 7.05 Å². The molecule has 0 fully saturated rings. The fraction of sp³-hybridized carbons (Fsp3) is 0.364. The molecule has 2 aromatic heterocycles. The summed E-state index contributed by atoms with van der Waals surface area (Å²) in [4.78, 5) is 8.03. The minimum atomic E-state index is -0.610. The molecule has 0 aliphatic heterocycles. The van der Waals surface area contributed by atoms with Crippen molar-refractivity contribution in [2.45, 2.75) is 18.9 Å². The van der Waals surface area contributed by atoms with Crippen molar-refractivity contribution in [3.05, 3.63) is 42.2 Å². The van der Waals surface area contributed by atoms with Crippen LogP contribution in [0.15, 0.2) is 30.9 Å². The Kier molecular flexibility index (Phi) is 3.26. The van der Waals surface area contributed by atoms with E-state index in [-0.39, 0.29) is 0 Å². The van der Waals surface area contributed by atoms with Crippen LogP contribution in [0.2, 0.25) is 0 Å². The van der Waals surface area contributed by atoms with Crippen LogP contribution in [-0.2, 0) is 13.5 Å². The lowest BCUT2D eigenvalue weighted by Crippen LogP contribution is -2.04. The molecule has 0 saturated heterocycles. The Morgan fingerprint density at radius 3 is 2.75 bits per heavy atom. The summed E-state index contributed by atoms with van der Waals surface area (Å²) in [5.74, 6) is 0.478. The number of aryl methyl sites for hydroxylation is 2. The molecule has 0 amide bonds. The Labute approximate surface area is 93.8 Å². The van der Waals surface area contributed by atoms with Crippen molar-refractivity contribution in [1.29, 1.82) is 0 Å². The first-order chi connectivity index (χ1) is 7.75. The van der Waals surface area contributed by atoms with E-state index < -0.39 is 6.10 Å². The van der Waals surface area contributed by atoms with E-state index in [4.69, 9.17) is 0 Å². The molecule has 0 aromatic carbocycles. The van der Waals surface area contributed by atoms with Crippen molar-refractivity contribution in [3.8, 4) is 0 Å². The molecule has 2 aromatic rings. The quantitative estimate of drug-likeness (QED) is 0.827. The molecule has 0 aliphatic rings. The van der Waals surface area contributed by atoms with E-state index in [2.05, 4.69) is 15.1 Å². The summed E-state index contributed by atoms with van der Waals surface area (Å²) in [5, 5.41) is 13.9. The van der Waals surface area contributed by atoms with Crippen LogP contribution in [0.3, 0.4) is 0 Å². The molecule has 0 aliphatic carbocycles. The highest BCUT2D eigenvalue weighted by Crippen LogP contribution is 2.14. The normalized spacial score (nSPS) is 12.6. The van der Waals surface area contributed by atoms with E-state index in [1.807, 2.05) is 13.2 Å². The minimum absolute atomic E-state index is 0.478. The third kappa shape index (κ3) is 2.64. The van der Waals surface area contributed by atoms with E-state index in [1.165, 1.54) is 0 Å². The summed E-state index contributed by atoms with van der Waals surface area (Å²) in [7, 11) is 1.88. The first kappa shape index (κ1) is 10.8. The first-order valence-corrected chi connectivity index (χ1v) is 5.18. The summed E-state index contributed by atoms with van der Waals surface area (Å²) in [6.07, 6.45) is 7.78. The van der Waals surface area contributed by atoms with Crippen LogP contribution in [0, 0.1) is 0 Å². The molecule has 5 heteroatoms. The van der Waals surface area contributed by atoms with Crippen molar-refractivity contribution in [1.82, 2.24) is 19.7 Å². The standard InChI is InChI=1S/C11H14N4O/c1-15-8-9(7-14-15)3-4-10(16)11-12-5-2-6-13-11/h2,5-8,10,16H,3-4H2,1H3. The van der Waals surface area contributed by atoms with Gasteiger partial charge in [-0.2, -0.15) is 5.10 Å². The molecule has 1 unspecified atom stereocenters. The van der Waals surface area contributed by atoms with Gasteiger partial charge < -0.3 is 5.11 Å². The molecule has 5 nitrogen and oxygen atoms in total. The van der Waals surface area contributed by atoms with Crippen LogP contribution in [0.25, 0.3) is 0 Å². The number of aromatic nitrogens is 4. The van der Waals surface area contributed by atoms with Crippen molar-refractivity contribution in [3.63, 3.8) is 0 Å². The smallest absolute Gasteiger partial charge is 0.156 e. The lowest BCUT2D eigenvalue weighted by atomic mass is 10.1. The number of aliphatic hydroxyl groups is 1. The molecular formula is C11H14N4O. The number of hydrogen-bond donors (Lipinski definition) is 1. The number of nitrogens with zero attached hydrogens (tertiary/aromatic N) is 4.